The van der Waals surface area contributed by atoms with Gasteiger partial charge in [0.05, 0.1) is 11.2 Å². The lowest BCUT2D eigenvalue weighted by molar-refractivity contribution is -0.280. The van der Waals surface area contributed by atoms with Gasteiger partial charge in [0, 0.05) is 0 Å². The van der Waals surface area contributed by atoms with E-state index in [1.165, 1.54) is 0 Å². The second-order valence-electron chi connectivity index (χ2n) is 7.21. The van der Waals surface area contributed by atoms with Crippen LogP contribution in [0.3, 0.4) is 0 Å². The Morgan fingerprint density at radius 2 is 1.95 bits per heavy atom. The van der Waals surface area contributed by atoms with Crippen LogP contribution in [0.2, 0.25) is 0 Å². The van der Waals surface area contributed by atoms with E-state index in [4.69, 9.17) is 5.26 Å². The molecule has 2 aliphatic carbocycles. The Balaban J connectivity index is 2.27. The molecule has 0 spiro atoms. The van der Waals surface area contributed by atoms with E-state index in [2.05, 4.69) is 18.4 Å². The van der Waals surface area contributed by atoms with E-state index < -0.39 is 11.2 Å². The number of aliphatic hydroxyl groups is 2. The monoisotopic (exact) mass is 270 g/mol. The van der Waals surface area contributed by atoms with Crippen molar-refractivity contribution in [3.63, 3.8) is 0 Å². The molecule has 0 aromatic heterocycles. The fraction of sp³-hybridized carbons (Fsp3) is 0.867. The van der Waals surface area contributed by atoms with Crippen molar-refractivity contribution < 1.29 is 20.4 Å². The van der Waals surface area contributed by atoms with Crippen molar-refractivity contribution in [1.29, 1.82) is 0 Å². The van der Waals surface area contributed by atoms with Crippen LogP contribution in [0.25, 0.3) is 0 Å². The fourth-order valence-electron chi connectivity index (χ4n) is 3.78. The van der Waals surface area contributed by atoms with Crippen LogP contribution in [0.1, 0.15) is 52.9 Å². The zero-order valence-corrected chi connectivity index (χ0v) is 12.1. The topological polar surface area (TPSA) is 69.9 Å². The van der Waals surface area contributed by atoms with Gasteiger partial charge in [-0.1, -0.05) is 13.5 Å². The number of hydrogen-bond acceptors (Lipinski definition) is 4. The Hall–Kier alpha value is -0.420. The van der Waals surface area contributed by atoms with Gasteiger partial charge in [-0.25, -0.2) is 4.89 Å². The average molecular weight is 270 g/mol. The summed E-state index contributed by atoms with van der Waals surface area (Å²) in [6.45, 7) is 9.58. The standard InChI is InChI=1S/C15H26O4/c1-10-11-9-15(17,13(2,3)16)8-7-14(11,4)6-5-12(10)19-18/h11-12,16-18H,1,5-9H2,2-4H3/t11-,12+,14+,15-/m0/s1. The highest BCUT2D eigenvalue weighted by molar-refractivity contribution is 5.20. The van der Waals surface area contributed by atoms with Gasteiger partial charge >= 0.3 is 0 Å². The van der Waals surface area contributed by atoms with Crippen molar-refractivity contribution in [3.8, 4) is 0 Å². The first-order valence-corrected chi connectivity index (χ1v) is 7.07. The van der Waals surface area contributed by atoms with Crippen molar-refractivity contribution in [3.05, 3.63) is 12.2 Å². The van der Waals surface area contributed by atoms with E-state index in [-0.39, 0.29) is 17.4 Å². The molecular formula is C15H26O4. The smallest absolute Gasteiger partial charge is 0.114 e. The molecule has 2 rings (SSSR count). The van der Waals surface area contributed by atoms with E-state index >= 15 is 0 Å². The second kappa shape index (κ2) is 4.55. The first-order valence-electron chi connectivity index (χ1n) is 7.07. The molecule has 0 aromatic carbocycles. The second-order valence-corrected chi connectivity index (χ2v) is 7.21. The van der Waals surface area contributed by atoms with E-state index in [0.29, 0.717) is 12.8 Å². The number of fused-ring (bicyclic) bond motifs is 1. The molecule has 3 N–H and O–H groups in total. The zero-order valence-electron chi connectivity index (χ0n) is 12.1. The van der Waals surface area contributed by atoms with Gasteiger partial charge in [-0.15, -0.1) is 0 Å². The van der Waals surface area contributed by atoms with Gasteiger partial charge in [0.1, 0.15) is 6.10 Å². The molecule has 0 bridgehead atoms. The van der Waals surface area contributed by atoms with Crippen molar-refractivity contribution in [2.75, 3.05) is 0 Å². The summed E-state index contributed by atoms with van der Waals surface area (Å²) < 4.78 is 0. The third kappa shape index (κ3) is 2.35. The molecule has 2 saturated carbocycles. The number of hydrogen-bond donors (Lipinski definition) is 3. The quantitative estimate of drug-likeness (QED) is 0.409. The van der Waals surface area contributed by atoms with Crippen LogP contribution in [0, 0.1) is 11.3 Å². The third-order valence-electron chi connectivity index (χ3n) is 5.60. The summed E-state index contributed by atoms with van der Waals surface area (Å²) in [5.74, 6) is 0.0728. The lowest BCUT2D eigenvalue weighted by Crippen LogP contribution is -2.57. The first kappa shape index (κ1) is 15.0. The highest BCUT2D eigenvalue weighted by Crippen LogP contribution is 2.56. The van der Waals surface area contributed by atoms with Crippen LogP contribution in [0.4, 0.5) is 0 Å². The molecule has 2 aliphatic rings. The Morgan fingerprint density at radius 3 is 2.47 bits per heavy atom. The van der Waals surface area contributed by atoms with Crippen LogP contribution >= 0.6 is 0 Å². The normalized spacial score (nSPS) is 44.0. The molecule has 0 amide bonds. The largest absolute Gasteiger partial charge is 0.387 e. The summed E-state index contributed by atoms with van der Waals surface area (Å²) in [7, 11) is 0. The maximum absolute atomic E-state index is 10.7. The van der Waals surface area contributed by atoms with Crippen LogP contribution in [0.15, 0.2) is 12.2 Å². The van der Waals surface area contributed by atoms with Crippen molar-refractivity contribution in [2.45, 2.75) is 70.2 Å². The SMILES string of the molecule is C=C1[C@H](OO)CC[C@]2(C)CC[C@@](O)(C(C)(C)O)C[C@@H]12. The Morgan fingerprint density at radius 1 is 1.32 bits per heavy atom. The Labute approximate surface area is 115 Å². The van der Waals surface area contributed by atoms with E-state index in [1.807, 2.05) is 0 Å². The maximum Gasteiger partial charge on any atom is 0.114 e. The Kier molecular flexibility index (Phi) is 3.59. The summed E-state index contributed by atoms with van der Waals surface area (Å²) in [5.41, 5.74) is -1.30. The average Bonchev–Trinajstić information content (AvgIpc) is 2.31. The molecule has 4 heteroatoms. The first-order chi connectivity index (χ1) is 8.63. The molecule has 0 heterocycles. The Bertz CT molecular complexity index is 373. The molecule has 2 fully saturated rings. The van der Waals surface area contributed by atoms with Crippen LogP contribution < -0.4 is 0 Å². The summed E-state index contributed by atoms with van der Waals surface area (Å²) in [6, 6.07) is 0. The van der Waals surface area contributed by atoms with Gasteiger partial charge in [0.15, 0.2) is 0 Å². The van der Waals surface area contributed by atoms with Crippen LogP contribution in [-0.4, -0.2) is 32.8 Å². The molecular weight excluding hydrogens is 244 g/mol. The highest BCUT2D eigenvalue weighted by atomic mass is 17.1. The molecule has 110 valence electrons. The molecule has 0 aromatic rings. The van der Waals surface area contributed by atoms with E-state index in [9.17, 15) is 10.2 Å². The molecule has 4 atom stereocenters. The minimum Gasteiger partial charge on any atom is -0.387 e. The van der Waals surface area contributed by atoms with Gasteiger partial charge in [-0.2, -0.15) is 0 Å². The predicted molar refractivity (Wildman–Crippen MR) is 72.6 cm³/mol. The minimum atomic E-state index is -1.14. The third-order valence-corrected chi connectivity index (χ3v) is 5.60. The summed E-state index contributed by atoms with van der Waals surface area (Å²) in [4.78, 5) is 4.51. The molecule has 0 unspecified atom stereocenters. The molecule has 19 heavy (non-hydrogen) atoms. The zero-order chi connectivity index (χ0) is 14.5. The summed E-state index contributed by atoms with van der Waals surface area (Å²) in [6.07, 6.45) is 3.30. The lowest BCUT2D eigenvalue weighted by atomic mass is 9.53. The maximum atomic E-state index is 10.7. The van der Waals surface area contributed by atoms with E-state index in [0.717, 1.165) is 24.8 Å². The molecule has 0 radical (unpaired) electrons. The van der Waals surface area contributed by atoms with Gasteiger partial charge < -0.3 is 10.2 Å². The van der Waals surface area contributed by atoms with Gasteiger partial charge in [0.25, 0.3) is 0 Å². The fourth-order valence-corrected chi connectivity index (χ4v) is 3.78. The minimum absolute atomic E-state index is 0.0728. The summed E-state index contributed by atoms with van der Waals surface area (Å²) >= 11 is 0. The molecule has 0 aliphatic heterocycles. The van der Waals surface area contributed by atoms with E-state index in [1.54, 1.807) is 13.8 Å². The molecule has 4 nitrogen and oxygen atoms in total. The van der Waals surface area contributed by atoms with Gasteiger partial charge in [-0.3, -0.25) is 5.26 Å². The lowest BCUT2D eigenvalue weighted by Gasteiger charge is -2.55. The predicted octanol–water partition coefficient (Wildman–Crippen LogP) is 2.50. The van der Waals surface area contributed by atoms with Crippen LogP contribution in [-0.2, 0) is 4.89 Å². The summed E-state index contributed by atoms with van der Waals surface area (Å²) in [5, 5.41) is 29.9. The van der Waals surface area contributed by atoms with Crippen molar-refractivity contribution >= 4 is 0 Å². The number of rotatable bonds is 2. The van der Waals surface area contributed by atoms with Crippen molar-refractivity contribution in [1.82, 2.24) is 0 Å². The van der Waals surface area contributed by atoms with Gasteiger partial charge in [-0.05, 0) is 62.9 Å². The van der Waals surface area contributed by atoms with Gasteiger partial charge in [0.2, 0.25) is 0 Å². The molecule has 0 saturated heterocycles. The highest BCUT2D eigenvalue weighted by Gasteiger charge is 2.54. The van der Waals surface area contributed by atoms with Crippen LogP contribution in [0.5, 0.6) is 0 Å². The van der Waals surface area contributed by atoms with Crippen molar-refractivity contribution in [2.24, 2.45) is 11.3 Å².